The first kappa shape index (κ1) is 27.4. The lowest BCUT2D eigenvalue weighted by Gasteiger charge is -2.37. The van der Waals surface area contributed by atoms with E-state index in [0.717, 1.165) is 23.0 Å². The summed E-state index contributed by atoms with van der Waals surface area (Å²) in [7, 11) is 0. The van der Waals surface area contributed by atoms with E-state index < -0.39 is 29.5 Å². The average molecular weight is 545 g/mol. The van der Waals surface area contributed by atoms with E-state index in [4.69, 9.17) is 4.74 Å². The number of aliphatic imine (C=N–C) groups is 1. The number of halogens is 3. The van der Waals surface area contributed by atoms with E-state index in [2.05, 4.69) is 15.3 Å². The average Bonchev–Trinajstić information content (AvgIpc) is 3.27. The van der Waals surface area contributed by atoms with Crippen molar-refractivity contribution in [2.45, 2.75) is 45.8 Å². The van der Waals surface area contributed by atoms with Crippen LogP contribution >= 0.6 is 11.8 Å². The number of benzene rings is 1. The Kier molecular flexibility index (Phi) is 8.25. The predicted octanol–water partition coefficient (Wildman–Crippen LogP) is 5.13. The maximum atomic E-state index is 14.2. The van der Waals surface area contributed by atoms with Crippen molar-refractivity contribution in [3.8, 4) is 0 Å². The second-order valence-electron chi connectivity index (χ2n) is 8.83. The van der Waals surface area contributed by atoms with Gasteiger partial charge in [0.2, 0.25) is 5.91 Å². The first-order chi connectivity index (χ1) is 18.1. The second-order valence-corrected chi connectivity index (χ2v) is 9.67. The summed E-state index contributed by atoms with van der Waals surface area (Å²) >= 11 is 0.990. The Morgan fingerprint density at radius 3 is 2.66 bits per heavy atom. The normalized spacial score (nSPS) is 17.1. The number of pyridine rings is 1. The minimum absolute atomic E-state index is 0.0487. The zero-order valence-electron chi connectivity index (χ0n) is 21.1. The van der Waals surface area contributed by atoms with Gasteiger partial charge in [-0.3, -0.25) is 9.78 Å². The first-order valence-corrected chi connectivity index (χ1v) is 12.9. The largest absolute Gasteiger partial charge is 0.463 e. The van der Waals surface area contributed by atoms with Crippen LogP contribution in [0.25, 0.3) is 0 Å². The highest BCUT2D eigenvalue weighted by atomic mass is 32.2. The summed E-state index contributed by atoms with van der Waals surface area (Å²) in [4.78, 5) is 35.5. The van der Waals surface area contributed by atoms with Crippen LogP contribution in [0.3, 0.4) is 0 Å². The van der Waals surface area contributed by atoms with Crippen molar-refractivity contribution in [2.24, 2.45) is 4.99 Å². The maximum absolute atomic E-state index is 14.2. The van der Waals surface area contributed by atoms with Crippen molar-refractivity contribution in [1.29, 1.82) is 0 Å². The summed E-state index contributed by atoms with van der Waals surface area (Å²) in [5.74, 6) is -1.40. The van der Waals surface area contributed by atoms with Gasteiger partial charge in [0, 0.05) is 30.6 Å². The lowest BCUT2D eigenvalue weighted by atomic mass is 9.89. The molecule has 1 N–H and O–H groups in total. The molecule has 2 aliphatic heterocycles. The van der Waals surface area contributed by atoms with E-state index in [0.29, 0.717) is 29.8 Å². The van der Waals surface area contributed by atoms with Crippen LogP contribution in [0.1, 0.15) is 41.8 Å². The highest BCUT2D eigenvalue weighted by Gasteiger charge is 2.49. The number of carbonyl (C=O) groups is 2. The summed E-state index contributed by atoms with van der Waals surface area (Å²) in [6.07, 6.45) is -2.78. The third-order valence-electron chi connectivity index (χ3n) is 6.07. The summed E-state index contributed by atoms with van der Waals surface area (Å²) in [5, 5.41) is 4.49. The van der Waals surface area contributed by atoms with Crippen molar-refractivity contribution in [3.05, 3.63) is 87.4 Å². The highest BCUT2D eigenvalue weighted by Crippen LogP contribution is 2.48. The number of thioether (sulfide) groups is 1. The molecule has 0 radical (unpaired) electrons. The van der Waals surface area contributed by atoms with Gasteiger partial charge in [0.25, 0.3) is 0 Å². The van der Waals surface area contributed by atoms with Crippen LogP contribution in [0.5, 0.6) is 0 Å². The molecule has 11 heteroatoms. The van der Waals surface area contributed by atoms with E-state index in [1.54, 1.807) is 41.6 Å². The number of carbonyl (C=O) groups excluding carboxylic acids is 2. The summed E-state index contributed by atoms with van der Waals surface area (Å²) in [6.45, 7) is 5.38. The Morgan fingerprint density at radius 2 is 1.97 bits per heavy atom. The molecule has 4 rings (SSSR count). The molecule has 0 spiro atoms. The Morgan fingerprint density at radius 1 is 1.18 bits per heavy atom. The van der Waals surface area contributed by atoms with Crippen molar-refractivity contribution >= 4 is 28.8 Å². The van der Waals surface area contributed by atoms with Gasteiger partial charge in [-0.05, 0) is 49.4 Å². The number of hydrogen-bond acceptors (Lipinski definition) is 7. The lowest BCUT2D eigenvalue weighted by molar-refractivity contribution is -0.140. The monoisotopic (exact) mass is 544 g/mol. The Hall–Kier alpha value is -3.60. The van der Waals surface area contributed by atoms with Gasteiger partial charge >= 0.3 is 12.1 Å². The molecule has 1 aromatic heterocycles. The van der Waals surface area contributed by atoms with Gasteiger partial charge in [-0.15, -0.1) is 0 Å². The number of esters is 1. The fraction of sp³-hybridized carbons (Fsp3) is 0.333. The number of ether oxygens (including phenoxy) is 1. The maximum Gasteiger partial charge on any atom is 0.434 e. The lowest BCUT2D eigenvalue weighted by Crippen LogP contribution is -2.40. The van der Waals surface area contributed by atoms with Crippen LogP contribution in [0, 0.1) is 13.8 Å². The molecule has 3 heterocycles. The quantitative estimate of drug-likeness (QED) is 0.464. The zero-order chi connectivity index (χ0) is 27.4. The van der Waals surface area contributed by atoms with Gasteiger partial charge in [0.1, 0.15) is 0 Å². The van der Waals surface area contributed by atoms with Crippen molar-refractivity contribution < 1.29 is 27.5 Å². The van der Waals surface area contributed by atoms with Gasteiger partial charge in [-0.2, -0.15) is 13.2 Å². The standard InChI is InChI=1S/C27H27F3N4O3S/c1-4-37-25(36)22-23(20-13-16(2)8-9-17(20)3)34-19(15-38-26(34)33-24(22)27(28,29)30)14-21(35)32-12-10-18-7-5-6-11-31-18/h5-9,11,13,15,23H,4,10,12,14H2,1-3H3,(H,32,35). The molecule has 200 valence electrons. The molecule has 0 fully saturated rings. The molecule has 1 atom stereocenters. The van der Waals surface area contributed by atoms with Crippen LogP contribution in [-0.2, 0) is 20.7 Å². The van der Waals surface area contributed by atoms with Gasteiger partial charge in [0.05, 0.1) is 24.6 Å². The smallest absolute Gasteiger partial charge is 0.434 e. The third-order valence-corrected chi connectivity index (χ3v) is 6.96. The Balaban J connectivity index is 1.68. The SMILES string of the molecule is CCOC(=O)C1=C(C(F)(F)F)N=C2SC=C(CC(=O)NCCc3ccccn3)N2C1c1cc(C)ccc1C. The van der Waals surface area contributed by atoms with Crippen LogP contribution in [-0.4, -0.2) is 46.3 Å². The molecule has 0 bridgehead atoms. The second kappa shape index (κ2) is 11.4. The fourth-order valence-corrected chi connectivity index (χ4v) is 5.26. The number of amidine groups is 1. The number of aryl methyl sites for hydroxylation is 2. The number of nitrogens with one attached hydrogen (secondary N) is 1. The van der Waals surface area contributed by atoms with Crippen molar-refractivity contribution in [2.75, 3.05) is 13.2 Å². The topological polar surface area (TPSA) is 83.9 Å². The molecule has 0 saturated carbocycles. The Labute approximate surface area is 222 Å². The van der Waals surface area contributed by atoms with Crippen LogP contribution in [0.4, 0.5) is 13.2 Å². The first-order valence-electron chi connectivity index (χ1n) is 12.1. The predicted molar refractivity (Wildman–Crippen MR) is 139 cm³/mol. The van der Waals surface area contributed by atoms with E-state index in [1.807, 2.05) is 25.1 Å². The number of aromatic nitrogens is 1. The molecular weight excluding hydrogens is 517 g/mol. The van der Waals surface area contributed by atoms with E-state index >= 15 is 0 Å². The van der Waals surface area contributed by atoms with Crippen LogP contribution < -0.4 is 5.32 Å². The van der Waals surface area contributed by atoms with E-state index in [-0.39, 0.29) is 24.1 Å². The number of nitrogens with zero attached hydrogens (tertiary/aromatic N) is 3. The summed E-state index contributed by atoms with van der Waals surface area (Å²) in [6, 6.07) is 9.75. The van der Waals surface area contributed by atoms with Crippen molar-refractivity contribution in [1.82, 2.24) is 15.2 Å². The van der Waals surface area contributed by atoms with E-state index in [1.165, 1.54) is 6.92 Å². The van der Waals surface area contributed by atoms with Gasteiger partial charge in [0.15, 0.2) is 10.9 Å². The number of rotatable bonds is 8. The zero-order valence-corrected chi connectivity index (χ0v) is 21.9. The number of alkyl halides is 3. The molecule has 0 aliphatic carbocycles. The van der Waals surface area contributed by atoms with Crippen LogP contribution in [0.2, 0.25) is 0 Å². The van der Waals surface area contributed by atoms with Crippen molar-refractivity contribution in [3.63, 3.8) is 0 Å². The molecule has 7 nitrogen and oxygen atoms in total. The molecule has 1 unspecified atom stereocenters. The molecule has 38 heavy (non-hydrogen) atoms. The molecular formula is C27H27F3N4O3S. The minimum Gasteiger partial charge on any atom is -0.463 e. The fourth-order valence-electron chi connectivity index (χ4n) is 4.34. The molecule has 0 saturated heterocycles. The van der Waals surface area contributed by atoms with E-state index in [9.17, 15) is 22.8 Å². The number of allylic oxidation sites excluding steroid dienone is 1. The highest BCUT2D eigenvalue weighted by molar-refractivity contribution is 8.16. The van der Waals surface area contributed by atoms with Crippen LogP contribution in [0.15, 0.2) is 70.0 Å². The third kappa shape index (κ3) is 5.93. The molecule has 1 aromatic carbocycles. The number of hydrogen-bond donors (Lipinski definition) is 1. The summed E-state index contributed by atoms with van der Waals surface area (Å²) in [5.41, 5.74) is 1.41. The molecule has 2 aliphatic rings. The summed E-state index contributed by atoms with van der Waals surface area (Å²) < 4.78 is 47.7. The number of fused-ring (bicyclic) bond motifs is 1. The Bertz CT molecular complexity index is 1320. The molecule has 2 aromatic rings. The van der Waals surface area contributed by atoms with Gasteiger partial charge in [-0.25, -0.2) is 9.79 Å². The van der Waals surface area contributed by atoms with Gasteiger partial charge in [-0.1, -0.05) is 41.6 Å². The van der Waals surface area contributed by atoms with Gasteiger partial charge < -0.3 is 15.0 Å². The minimum atomic E-state index is -4.89. The number of amides is 1. The molecule has 1 amide bonds.